The number of carbonyl (C=O) groups excluding carboxylic acids is 1. The molecule has 0 saturated carbocycles. The van der Waals surface area contributed by atoms with Crippen LogP contribution in [0.1, 0.15) is 16.1 Å². The minimum absolute atomic E-state index is 0.276. The van der Waals surface area contributed by atoms with Gasteiger partial charge in [0, 0.05) is 17.6 Å². The third kappa shape index (κ3) is 3.81. The van der Waals surface area contributed by atoms with Crippen molar-refractivity contribution in [3.8, 4) is 5.75 Å². The number of carbonyl (C=O) groups is 1. The van der Waals surface area contributed by atoms with Crippen LogP contribution in [0.15, 0.2) is 23.4 Å². The zero-order valence-corrected chi connectivity index (χ0v) is 14.0. The van der Waals surface area contributed by atoms with Gasteiger partial charge in [0.2, 0.25) is 5.69 Å². The summed E-state index contributed by atoms with van der Waals surface area (Å²) in [4.78, 5) is 22.2. The molecule has 1 heterocycles. The maximum Gasteiger partial charge on any atom is 0.320 e. The van der Waals surface area contributed by atoms with E-state index < -0.39 is 16.5 Å². The Hall–Kier alpha value is -2.65. The van der Waals surface area contributed by atoms with Crippen molar-refractivity contribution in [1.82, 2.24) is 15.2 Å². The second kappa shape index (κ2) is 7.28. The van der Waals surface area contributed by atoms with Gasteiger partial charge in [0.25, 0.3) is 5.91 Å². The van der Waals surface area contributed by atoms with E-state index in [4.69, 9.17) is 27.9 Å². The molecule has 0 bridgehead atoms. The smallest absolute Gasteiger partial charge is 0.320 e. The highest BCUT2D eigenvalue weighted by atomic mass is 35.5. The molecule has 11 heteroatoms. The average molecular weight is 372 g/mol. The third-order valence-corrected chi connectivity index (χ3v) is 3.33. The first-order chi connectivity index (χ1) is 11.3. The zero-order chi connectivity index (χ0) is 17.9. The Morgan fingerprint density at radius 2 is 2.21 bits per heavy atom. The maximum atomic E-state index is 12.0. The van der Waals surface area contributed by atoms with Gasteiger partial charge in [-0.3, -0.25) is 19.6 Å². The van der Waals surface area contributed by atoms with E-state index in [0.29, 0.717) is 16.3 Å². The minimum Gasteiger partial charge on any atom is -0.495 e. The highest BCUT2D eigenvalue weighted by Gasteiger charge is 2.24. The van der Waals surface area contributed by atoms with E-state index in [0.717, 1.165) is 10.9 Å². The lowest BCUT2D eigenvalue weighted by Crippen LogP contribution is -2.19. The highest BCUT2D eigenvalue weighted by Crippen LogP contribution is 2.31. The summed E-state index contributed by atoms with van der Waals surface area (Å²) in [5.41, 5.74) is 1.80. The number of benzene rings is 1. The third-order valence-electron chi connectivity index (χ3n) is 2.83. The van der Waals surface area contributed by atoms with Gasteiger partial charge in [-0.1, -0.05) is 23.2 Å². The van der Waals surface area contributed by atoms with Crippen LogP contribution in [0.2, 0.25) is 10.0 Å². The molecule has 24 heavy (non-hydrogen) atoms. The lowest BCUT2D eigenvalue weighted by Gasteiger charge is -2.07. The average Bonchev–Trinajstić information content (AvgIpc) is 2.89. The van der Waals surface area contributed by atoms with Gasteiger partial charge in [0.1, 0.15) is 11.9 Å². The molecular weight excluding hydrogens is 361 g/mol. The highest BCUT2D eigenvalue weighted by molar-refractivity contribution is 6.36. The molecular formula is C13H11Cl2N5O4. The van der Waals surface area contributed by atoms with Gasteiger partial charge in [-0.05, 0) is 12.1 Å². The van der Waals surface area contributed by atoms with Crippen LogP contribution in [0, 0.1) is 10.1 Å². The topological polar surface area (TPSA) is 112 Å². The first kappa shape index (κ1) is 17.7. The number of halogens is 2. The Bertz CT molecular complexity index is 834. The second-order valence-electron chi connectivity index (χ2n) is 4.50. The van der Waals surface area contributed by atoms with Crippen LogP contribution in [0.25, 0.3) is 0 Å². The van der Waals surface area contributed by atoms with Gasteiger partial charge >= 0.3 is 5.69 Å². The predicted molar refractivity (Wildman–Crippen MR) is 87.9 cm³/mol. The molecule has 0 spiro atoms. The van der Waals surface area contributed by atoms with E-state index >= 15 is 0 Å². The van der Waals surface area contributed by atoms with Crippen molar-refractivity contribution < 1.29 is 14.5 Å². The number of nitrogens with zero attached hydrogens (tertiary/aromatic N) is 4. The number of nitro groups is 1. The fourth-order valence-corrected chi connectivity index (χ4v) is 2.46. The van der Waals surface area contributed by atoms with E-state index in [1.165, 1.54) is 32.5 Å². The van der Waals surface area contributed by atoms with Gasteiger partial charge in [-0.2, -0.15) is 10.2 Å². The number of hydrogen-bond acceptors (Lipinski definition) is 6. The molecule has 126 valence electrons. The van der Waals surface area contributed by atoms with Crippen LogP contribution in [0.3, 0.4) is 0 Å². The first-order valence-electron chi connectivity index (χ1n) is 6.38. The molecule has 0 fully saturated rings. The number of rotatable bonds is 5. The number of aromatic nitrogens is 2. The molecule has 1 amide bonds. The molecule has 9 nitrogen and oxygen atoms in total. The van der Waals surface area contributed by atoms with Crippen molar-refractivity contribution in [3.63, 3.8) is 0 Å². The van der Waals surface area contributed by atoms with Crippen LogP contribution in [-0.2, 0) is 7.05 Å². The van der Waals surface area contributed by atoms with E-state index in [9.17, 15) is 14.9 Å². The van der Waals surface area contributed by atoms with Crippen molar-refractivity contribution in [3.05, 3.63) is 49.7 Å². The SMILES string of the molecule is COc1c(Cl)cc(Cl)cc1C=NNC(=O)c1nn(C)cc1[N+](=O)[O-]. The van der Waals surface area contributed by atoms with Gasteiger partial charge < -0.3 is 4.74 Å². The summed E-state index contributed by atoms with van der Waals surface area (Å²) in [6.45, 7) is 0. The predicted octanol–water partition coefficient (Wildman–Crippen LogP) is 2.41. The fraction of sp³-hybridized carbons (Fsp3) is 0.154. The van der Waals surface area contributed by atoms with Crippen LogP contribution in [0.5, 0.6) is 5.75 Å². The Kier molecular flexibility index (Phi) is 5.37. The van der Waals surface area contributed by atoms with Crippen LogP contribution in [-0.4, -0.2) is 33.9 Å². The molecule has 1 aromatic heterocycles. The van der Waals surface area contributed by atoms with Gasteiger partial charge in [-0.15, -0.1) is 0 Å². The number of ether oxygens (including phenoxy) is 1. The van der Waals surface area contributed by atoms with Crippen molar-refractivity contribution in [1.29, 1.82) is 0 Å². The Balaban J connectivity index is 2.21. The molecule has 1 aromatic carbocycles. The largest absolute Gasteiger partial charge is 0.495 e. The van der Waals surface area contributed by atoms with Gasteiger partial charge in [-0.25, -0.2) is 5.43 Å². The van der Waals surface area contributed by atoms with E-state index in [1.807, 2.05) is 0 Å². The zero-order valence-electron chi connectivity index (χ0n) is 12.5. The summed E-state index contributed by atoms with van der Waals surface area (Å²) in [5, 5.41) is 19.0. The summed E-state index contributed by atoms with van der Waals surface area (Å²) in [6, 6.07) is 3.03. The lowest BCUT2D eigenvalue weighted by molar-refractivity contribution is -0.385. The number of hydrogen-bond donors (Lipinski definition) is 1. The van der Waals surface area contributed by atoms with E-state index in [1.54, 1.807) is 0 Å². The molecule has 0 unspecified atom stereocenters. The maximum absolute atomic E-state index is 12.0. The van der Waals surface area contributed by atoms with E-state index in [-0.39, 0.29) is 10.7 Å². The lowest BCUT2D eigenvalue weighted by atomic mass is 10.2. The van der Waals surface area contributed by atoms with Crippen molar-refractivity contribution in [2.75, 3.05) is 7.11 Å². The summed E-state index contributed by atoms with van der Waals surface area (Å²) >= 11 is 11.9. The molecule has 2 rings (SSSR count). The van der Waals surface area contributed by atoms with Crippen molar-refractivity contribution in [2.24, 2.45) is 12.1 Å². The van der Waals surface area contributed by atoms with Crippen LogP contribution in [0.4, 0.5) is 5.69 Å². The molecule has 1 N–H and O–H groups in total. The summed E-state index contributed by atoms with van der Waals surface area (Å²) < 4.78 is 6.29. The second-order valence-corrected chi connectivity index (χ2v) is 5.35. The monoisotopic (exact) mass is 371 g/mol. The fourth-order valence-electron chi connectivity index (χ4n) is 1.88. The number of nitrogens with one attached hydrogen (secondary N) is 1. The Morgan fingerprint density at radius 1 is 1.50 bits per heavy atom. The first-order valence-corrected chi connectivity index (χ1v) is 7.13. The molecule has 0 radical (unpaired) electrons. The standard InChI is InChI=1S/C13H11Cl2N5O4/c1-19-6-10(20(22)23)11(18-19)13(21)17-16-5-7-3-8(14)4-9(15)12(7)24-2/h3-6H,1-2H3,(H,17,21). The summed E-state index contributed by atoms with van der Waals surface area (Å²) in [6.07, 6.45) is 2.38. The van der Waals surface area contributed by atoms with Crippen molar-refractivity contribution >= 4 is 41.0 Å². The Labute approximate surface area is 146 Å². The quantitative estimate of drug-likeness (QED) is 0.492. The van der Waals surface area contributed by atoms with E-state index in [2.05, 4.69) is 15.6 Å². The molecule has 2 aromatic rings. The molecule has 0 aliphatic heterocycles. The number of methoxy groups -OCH3 is 1. The number of amides is 1. The molecule has 0 atom stereocenters. The molecule has 0 aliphatic carbocycles. The number of hydrazone groups is 1. The molecule has 0 aliphatic rings. The van der Waals surface area contributed by atoms with Gasteiger partial charge in [0.05, 0.1) is 23.3 Å². The normalized spacial score (nSPS) is 10.8. The van der Waals surface area contributed by atoms with Gasteiger partial charge in [0.15, 0.2) is 0 Å². The van der Waals surface area contributed by atoms with Crippen LogP contribution < -0.4 is 10.2 Å². The molecule has 0 saturated heterocycles. The van der Waals surface area contributed by atoms with Crippen molar-refractivity contribution in [2.45, 2.75) is 0 Å². The summed E-state index contributed by atoms with van der Waals surface area (Å²) in [5.74, 6) is -0.506. The Morgan fingerprint density at radius 3 is 2.83 bits per heavy atom. The van der Waals surface area contributed by atoms with Crippen LogP contribution >= 0.6 is 23.2 Å². The summed E-state index contributed by atoms with van der Waals surface area (Å²) in [7, 11) is 2.88. The number of aryl methyl sites for hydroxylation is 1. The minimum atomic E-state index is -0.828.